The lowest BCUT2D eigenvalue weighted by Crippen LogP contribution is -2.38. The third kappa shape index (κ3) is 4.36. The summed E-state index contributed by atoms with van der Waals surface area (Å²) < 4.78 is 9.79. The molecule has 1 aliphatic carbocycles. The number of benzene rings is 1. The number of aliphatic hydroxyl groups excluding tert-OH is 1. The second kappa shape index (κ2) is 8.97. The molecule has 31 heavy (non-hydrogen) atoms. The normalized spacial score (nSPS) is 15.8. The van der Waals surface area contributed by atoms with E-state index < -0.39 is 17.4 Å². The van der Waals surface area contributed by atoms with Gasteiger partial charge < -0.3 is 19.7 Å². The number of aliphatic hydroxyl groups is 1. The Morgan fingerprint density at radius 1 is 1.13 bits per heavy atom. The van der Waals surface area contributed by atoms with Gasteiger partial charge in [0.1, 0.15) is 18.5 Å². The van der Waals surface area contributed by atoms with Crippen molar-refractivity contribution in [2.24, 2.45) is 14.1 Å². The van der Waals surface area contributed by atoms with Gasteiger partial charge >= 0.3 is 5.69 Å². The molecule has 1 aromatic carbocycles. The van der Waals surface area contributed by atoms with Crippen molar-refractivity contribution in [3.8, 4) is 5.75 Å². The van der Waals surface area contributed by atoms with Gasteiger partial charge in [-0.05, 0) is 25.0 Å². The molecule has 1 saturated carbocycles. The van der Waals surface area contributed by atoms with Crippen LogP contribution in [-0.4, -0.2) is 42.5 Å². The van der Waals surface area contributed by atoms with Crippen LogP contribution in [0.15, 0.2) is 39.9 Å². The zero-order valence-corrected chi connectivity index (χ0v) is 18.0. The maximum absolute atomic E-state index is 12.9. The smallest absolute Gasteiger partial charge is 0.332 e. The number of hydrogen-bond acceptors (Lipinski definition) is 6. The molecule has 0 radical (unpaired) electrons. The first-order chi connectivity index (χ1) is 15.0. The molecule has 3 aromatic rings. The Bertz CT molecular complexity index is 1160. The summed E-state index contributed by atoms with van der Waals surface area (Å²) in [6.07, 6.45) is 4.70. The van der Waals surface area contributed by atoms with E-state index in [9.17, 15) is 14.7 Å². The molecule has 2 heterocycles. The van der Waals surface area contributed by atoms with Gasteiger partial charge in [0.05, 0.1) is 6.54 Å². The lowest BCUT2D eigenvalue weighted by Gasteiger charge is -2.24. The minimum Gasteiger partial charge on any atom is -0.491 e. The van der Waals surface area contributed by atoms with Gasteiger partial charge in [-0.15, -0.1) is 0 Å². The first-order valence-electron chi connectivity index (χ1n) is 10.7. The number of aryl methyl sites for hydroxylation is 1. The number of fused-ring (bicyclic) bond motifs is 1. The van der Waals surface area contributed by atoms with E-state index in [0.717, 1.165) is 30.3 Å². The van der Waals surface area contributed by atoms with Gasteiger partial charge in [-0.3, -0.25) is 13.9 Å². The molecule has 0 amide bonds. The molecule has 0 saturated heterocycles. The van der Waals surface area contributed by atoms with Crippen molar-refractivity contribution in [3.05, 3.63) is 51.2 Å². The number of para-hydroxylation sites is 1. The highest BCUT2D eigenvalue weighted by molar-refractivity contribution is 5.74. The van der Waals surface area contributed by atoms with Gasteiger partial charge in [-0.2, -0.15) is 4.98 Å². The van der Waals surface area contributed by atoms with Gasteiger partial charge in [0.15, 0.2) is 11.2 Å². The maximum Gasteiger partial charge on any atom is 0.332 e. The van der Waals surface area contributed by atoms with E-state index in [1.165, 1.54) is 18.0 Å². The molecule has 4 rings (SSSR count). The van der Waals surface area contributed by atoms with Crippen LogP contribution in [0.2, 0.25) is 0 Å². The maximum atomic E-state index is 12.9. The Kier molecular flexibility index (Phi) is 6.13. The van der Waals surface area contributed by atoms with Crippen molar-refractivity contribution in [1.29, 1.82) is 0 Å². The molecule has 9 heteroatoms. The van der Waals surface area contributed by atoms with Crippen molar-refractivity contribution in [2.45, 2.75) is 50.8 Å². The Morgan fingerprint density at radius 2 is 1.84 bits per heavy atom. The number of imidazole rings is 1. The fraction of sp³-hybridized carbons (Fsp3) is 0.500. The average Bonchev–Trinajstić information content (AvgIpc) is 3.14. The second-order valence-electron chi connectivity index (χ2n) is 8.18. The second-order valence-corrected chi connectivity index (χ2v) is 8.18. The quantitative estimate of drug-likeness (QED) is 0.594. The summed E-state index contributed by atoms with van der Waals surface area (Å²) in [6, 6.07) is 9.51. The average molecular weight is 428 g/mol. The van der Waals surface area contributed by atoms with E-state index in [-0.39, 0.29) is 19.2 Å². The van der Waals surface area contributed by atoms with Gasteiger partial charge in [0.2, 0.25) is 5.95 Å². The van der Waals surface area contributed by atoms with Gasteiger partial charge in [-0.25, -0.2) is 4.79 Å². The number of aromatic nitrogens is 4. The van der Waals surface area contributed by atoms with E-state index in [2.05, 4.69) is 10.3 Å². The van der Waals surface area contributed by atoms with Crippen LogP contribution in [0, 0.1) is 0 Å². The SMILES string of the molecule is Cn1c(=O)c2c(nc(NC3CCCCC3)n2C[C@H](O)COc2ccccc2)n(C)c1=O. The van der Waals surface area contributed by atoms with Crippen molar-refractivity contribution in [3.63, 3.8) is 0 Å². The van der Waals surface area contributed by atoms with Gasteiger partial charge in [0, 0.05) is 20.1 Å². The summed E-state index contributed by atoms with van der Waals surface area (Å²) in [5.74, 6) is 1.16. The molecule has 0 spiro atoms. The number of nitrogens with zero attached hydrogens (tertiary/aromatic N) is 4. The minimum atomic E-state index is -0.869. The molecule has 1 atom stereocenters. The van der Waals surface area contributed by atoms with E-state index >= 15 is 0 Å². The molecular formula is C22H29N5O4. The molecule has 9 nitrogen and oxygen atoms in total. The highest BCUT2D eigenvalue weighted by Gasteiger charge is 2.23. The molecule has 0 aliphatic heterocycles. The Morgan fingerprint density at radius 3 is 2.55 bits per heavy atom. The first kappa shape index (κ1) is 21.2. The third-order valence-corrected chi connectivity index (χ3v) is 5.87. The van der Waals surface area contributed by atoms with Crippen molar-refractivity contribution >= 4 is 17.1 Å². The summed E-state index contributed by atoms with van der Waals surface area (Å²) >= 11 is 0. The van der Waals surface area contributed by atoms with Crippen LogP contribution in [0.25, 0.3) is 11.2 Å². The number of nitrogens with one attached hydrogen (secondary N) is 1. The zero-order chi connectivity index (χ0) is 22.0. The van der Waals surface area contributed by atoms with Crippen molar-refractivity contribution in [2.75, 3.05) is 11.9 Å². The minimum absolute atomic E-state index is 0.0681. The molecule has 1 aliphatic rings. The number of hydrogen-bond donors (Lipinski definition) is 2. The topological polar surface area (TPSA) is 103 Å². The highest BCUT2D eigenvalue weighted by Crippen LogP contribution is 2.23. The van der Waals surface area contributed by atoms with Gasteiger partial charge in [0.25, 0.3) is 5.56 Å². The summed E-state index contributed by atoms with van der Waals surface area (Å²) in [5.41, 5.74) is -0.262. The first-order valence-corrected chi connectivity index (χ1v) is 10.7. The van der Waals surface area contributed by atoms with Gasteiger partial charge in [-0.1, -0.05) is 37.5 Å². The van der Waals surface area contributed by atoms with Crippen LogP contribution in [0.1, 0.15) is 32.1 Å². The van der Waals surface area contributed by atoms with Crippen LogP contribution in [0.3, 0.4) is 0 Å². The van der Waals surface area contributed by atoms with Crippen LogP contribution in [-0.2, 0) is 20.6 Å². The van der Waals surface area contributed by atoms with E-state index in [0.29, 0.717) is 22.9 Å². The standard InChI is InChI=1S/C22H29N5O4/c1-25-19-18(20(29)26(2)22(25)30)27(21(24-19)23-15-9-5-3-6-10-15)13-16(28)14-31-17-11-7-4-8-12-17/h4,7-8,11-12,15-16,28H,3,5-6,9-10,13-14H2,1-2H3,(H,23,24)/t16-/m0/s1. The van der Waals surface area contributed by atoms with Crippen LogP contribution in [0.4, 0.5) is 5.95 Å². The van der Waals surface area contributed by atoms with Crippen molar-refractivity contribution in [1.82, 2.24) is 18.7 Å². The third-order valence-electron chi connectivity index (χ3n) is 5.87. The summed E-state index contributed by atoms with van der Waals surface area (Å²) in [6.45, 7) is 0.185. The van der Waals surface area contributed by atoms with Crippen LogP contribution < -0.4 is 21.3 Å². The predicted molar refractivity (Wildman–Crippen MR) is 119 cm³/mol. The number of rotatable bonds is 7. The fourth-order valence-electron chi connectivity index (χ4n) is 4.14. The largest absolute Gasteiger partial charge is 0.491 e. The number of ether oxygens (including phenoxy) is 1. The zero-order valence-electron chi connectivity index (χ0n) is 18.0. The highest BCUT2D eigenvalue weighted by atomic mass is 16.5. The lowest BCUT2D eigenvalue weighted by atomic mass is 9.96. The number of anilines is 1. The van der Waals surface area contributed by atoms with E-state index in [1.54, 1.807) is 11.6 Å². The molecule has 2 N–H and O–H groups in total. The Balaban J connectivity index is 1.67. The Labute approximate surface area is 179 Å². The van der Waals surface area contributed by atoms with Crippen LogP contribution >= 0.6 is 0 Å². The van der Waals surface area contributed by atoms with E-state index in [1.807, 2.05) is 30.3 Å². The Hall–Kier alpha value is -3.07. The molecular weight excluding hydrogens is 398 g/mol. The monoisotopic (exact) mass is 427 g/mol. The summed E-state index contributed by atoms with van der Waals surface area (Å²) in [7, 11) is 3.05. The lowest BCUT2D eigenvalue weighted by molar-refractivity contribution is 0.0937. The van der Waals surface area contributed by atoms with Crippen LogP contribution in [0.5, 0.6) is 5.75 Å². The van der Waals surface area contributed by atoms with E-state index in [4.69, 9.17) is 4.74 Å². The molecule has 166 valence electrons. The summed E-state index contributed by atoms with van der Waals surface area (Å²) in [4.78, 5) is 29.9. The molecule has 0 unspecified atom stereocenters. The predicted octanol–water partition coefficient (Wildman–Crippen LogP) is 1.62. The summed E-state index contributed by atoms with van der Waals surface area (Å²) in [5, 5.41) is 14.1. The molecule has 1 fully saturated rings. The molecule has 0 bridgehead atoms. The molecule has 2 aromatic heterocycles. The fourth-order valence-corrected chi connectivity index (χ4v) is 4.14. The van der Waals surface area contributed by atoms with Crippen molar-refractivity contribution < 1.29 is 9.84 Å².